The van der Waals surface area contributed by atoms with Crippen molar-refractivity contribution in [2.45, 2.75) is 130 Å². The minimum atomic E-state index is -1.50. The van der Waals surface area contributed by atoms with E-state index in [-0.39, 0.29) is 62.4 Å². The van der Waals surface area contributed by atoms with Gasteiger partial charge in [-0.25, -0.2) is 4.79 Å². The van der Waals surface area contributed by atoms with Crippen molar-refractivity contribution >= 4 is 47.4 Å². The van der Waals surface area contributed by atoms with Crippen molar-refractivity contribution in [3.05, 3.63) is 0 Å². The number of carboxylic acids is 2. The predicted octanol–water partition coefficient (Wildman–Crippen LogP) is -1.10. The third kappa shape index (κ3) is 19.5. The van der Waals surface area contributed by atoms with Crippen LogP contribution in [0.15, 0.2) is 4.99 Å². The Bertz CT molecular complexity index is 1190. The molecule has 286 valence electrons. The molecule has 6 atom stereocenters. The number of rotatable bonds is 24. The molecule has 0 spiro atoms. The average molecular weight is 714 g/mol. The minimum Gasteiger partial charge on any atom is -0.481 e. The molecule has 0 aliphatic heterocycles. The standard InChI is InChI=1S/C32H59N9O9/c1-16(2)13-20(33)27(45)37-19(7)26(44)38-21(9-8-12-36-32(34)35)28(46)40-24(15-18(5)6)30(48)41-23(14-17(3)4)29(47)39-22(31(49)50)10-11-25(42)43/h16-24H,8-15,33H2,1-7H3,(H,37,45)(H,38,44)(H,39,47)(H,40,46)(H,41,48)(H,42,43)(H,49,50)(H4,34,35,36)/t19-,20-,21-,22-,23-,24-/m0/s1. The van der Waals surface area contributed by atoms with Crippen LogP contribution in [0.25, 0.3) is 0 Å². The lowest BCUT2D eigenvalue weighted by molar-refractivity contribution is -0.143. The second-order valence-corrected chi connectivity index (χ2v) is 13.7. The van der Waals surface area contributed by atoms with Crippen LogP contribution in [-0.4, -0.2) is 100 Å². The third-order valence-corrected chi connectivity index (χ3v) is 7.33. The quantitative estimate of drug-likeness (QED) is 0.0324. The Morgan fingerprint density at radius 2 is 1.02 bits per heavy atom. The lowest BCUT2D eigenvalue weighted by Crippen LogP contribution is -2.59. The van der Waals surface area contributed by atoms with E-state index < -0.39 is 84.1 Å². The second kappa shape index (κ2) is 23.0. The Morgan fingerprint density at radius 3 is 1.44 bits per heavy atom. The molecule has 13 N–H and O–H groups in total. The van der Waals surface area contributed by atoms with E-state index in [2.05, 4.69) is 31.6 Å². The van der Waals surface area contributed by atoms with Gasteiger partial charge in [-0.2, -0.15) is 0 Å². The molecule has 18 heteroatoms. The van der Waals surface area contributed by atoms with Gasteiger partial charge in [0.05, 0.1) is 6.04 Å². The molecule has 0 aliphatic carbocycles. The summed E-state index contributed by atoms with van der Waals surface area (Å²) in [6.07, 6.45) is 0.108. The average Bonchev–Trinajstić information content (AvgIpc) is 2.98. The predicted molar refractivity (Wildman–Crippen MR) is 186 cm³/mol. The van der Waals surface area contributed by atoms with Gasteiger partial charge in [0.25, 0.3) is 0 Å². The first-order chi connectivity index (χ1) is 23.1. The van der Waals surface area contributed by atoms with Gasteiger partial charge in [-0.05, 0) is 63.2 Å². The van der Waals surface area contributed by atoms with Crippen molar-refractivity contribution in [2.75, 3.05) is 6.54 Å². The van der Waals surface area contributed by atoms with Gasteiger partial charge in [0.1, 0.15) is 30.2 Å². The maximum Gasteiger partial charge on any atom is 0.326 e. The molecule has 0 heterocycles. The summed E-state index contributed by atoms with van der Waals surface area (Å²) < 4.78 is 0. The van der Waals surface area contributed by atoms with E-state index in [0.29, 0.717) is 6.42 Å². The number of amides is 5. The van der Waals surface area contributed by atoms with Crippen molar-refractivity contribution < 1.29 is 43.8 Å². The number of nitrogens with one attached hydrogen (secondary N) is 5. The number of nitrogens with two attached hydrogens (primary N) is 3. The van der Waals surface area contributed by atoms with Crippen molar-refractivity contribution in [1.29, 1.82) is 0 Å². The summed E-state index contributed by atoms with van der Waals surface area (Å²) in [7, 11) is 0. The zero-order chi connectivity index (χ0) is 38.7. The van der Waals surface area contributed by atoms with Gasteiger partial charge in [-0.15, -0.1) is 0 Å². The highest BCUT2D eigenvalue weighted by Crippen LogP contribution is 2.11. The highest BCUT2D eigenvalue weighted by atomic mass is 16.4. The van der Waals surface area contributed by atoms with Gasteiger partial charge < -0.3 is 54.0 Å². The van der Waals surface area contributed by atoms with Crippen molar-refractivity contribution in [3.8, 4) is 0 Å². The van der Waals surface area contributed by atoms with Gasteiger partial charge in [0.15, 0.2) is 5.96 Å². The fraction of sp³-hybridized carbons (Fsp3) is 0.750. The summed E-state index contributed by atoms with van der Waals surface area (Å²) in [6.45, 7) is 12.6. The third-order valence-electron chi connectivity index (χ3n) is 7.33. The molecule has 0 saturated carbocycles. The highest BCUT2D eigenvalue weighted by molar-refractivity contribution is 5.96. The highest BCUT2D eigenvalue weighted by Gasteiger charge is 2.33. The van der Waals surface area contributed by atoms with Crippen molar-refractivity contribution in [2.24, 2.45) is 39.9 Å². The topological polar surface area (TPSA) is 311 Å². The number of carboxylic acid groups (broad SMARTS) is 2. The Balaban J connectivity index is 6.06. The molecule has 0 aromatic carbocycles. The number of carbonyl (C=O) groups excluding carboxylic acids is 5. The van der Waals surface area contributed by atoms with Gasteiger partial charge in [0, 0.05) is 13.0 Å². The molecular weight excluding hydrogens is 654 g/mol. The van der Waals surface area contributed by atoms with Gasteiger partial charge in [0.2, 0.25) is 29.5 Å². The molecular formula is C32H59N9O9. The molecule has 5 amide bonds. The number of hydrogen-bond acceptors (Lipinski definition) is 9. The number of nitrogens with zero attached hydrogens (tertiary/aromatic N) is 1. The van der Waals surface area contributed by atoms with Crippen LogP contribution in [0.2, 0.25) is 0 Å². The largest absolute Gasteiger partial charge is 0.481 e. The van der Waals surface area contributed by atoms with Crippen LogP contribution >= 0.6 is 0 Å². The van der Waals surface area contributed by atoms with Crippen molar-refractivity contribution in [3.63, 3.8) is 0 Å². The molecule has 0 radical (unpaired) electrons. The molecule has 0 fully saturated rings. The Hall–Kier alpha value is -4.48. The van der Waals surface area contributed by atoms with E-state index in [9.17, 15) is 38.7 Å². The van der Waals surface area contributed by atoms with Crippen LogP contribution in [-0.2, 0) is 33.6 Å². The summed E-state index contributed by atoms with van der Waals surface area (Å²) in [6, 6.07) is -6.94. The maximum absolute atomic E-state index is 13.6. The monoisotopic (exact) mass is 713 g/mol. The SMILES string of the molecule is CC(C)C[C@H](NC(=O)[C@H](CC(C)C)NC(=O)[C@H](CCCN=C(N)N)NC(=O)[C@H](C)NC(=O)[C@@H](N)CC(C)C)C(=O)N[C@@H](CCC(=O)O)C(=O)O. The van der Waals surface area contributed by atoms with Crippen LogP contribution in [0.1, 0.15) is 93.4 Å². The zero-order valence-corrected chi connectivity index (χ0v) is 30.3. The Kier molecular flexibility index (Phi) is 21.0. The molecule has 18 nitrogen and oxygen atoms in total. The summed E-state index contributed by atoms with van der Waals surface area (Å²) >= 11 is 0. The molecule has 0 rings (SSSR count). The fourth-order valence-electron chi connectivity index (χ4n) is 4.82. The van der Waals surface area contributed by atoms with E-state index in [0.717, 1.165) is 0 Å². The number of aliphatic imine (C=N–C) groups is 1. The smallest absolute Gasteiger partial charge is 0.326 e. The molecule has 0 saturated heterocycles. The zero-order valence-electron chi connectivity index (χ0n) is 30.3. The van der Waals surface area contributed by atoms with Gasteiger partial charge in [-0.3, -0.25) is 33.8 Å². The molecule has 0 aliphatic rings. The second-order valence-electron chi connectivity index (χ2n) is 13.7. The molecule has 0 aromatic rings. The van der Waals surface area contributed by atoms with Gasteiger partial charge >= 0.3 is 11.9 Å². The Morgan fingerprint density at radius 1 is 0.580 bits per heavy atom. The van der Waals surface area contributed by atoms with Crippen molar-refractivity contribution in [1.82, 2.24) is 26.6 Å². The van der Waals surface area contributed by atoms with Crippen LogP contribution < -0.4 is 43.8 Å². The summed E-state index contributed by atoms with van der Waals surface area (Å²) in [5.74, 6) is -6.39. The molecule has 0 bridgehead atoms. The van der Waals surface area contributed by atoms with Crippen LogP contribution in [0.3, 0.4) is 0 Å². The fourth-order valence-corrected chi connectivity index (χ4v) is 4.82. The number of carbonyl (C=O) groups is 7. The Labute approximate surface area is 293 Å². The first-order valence-electron chi connectivity index (χ1n) is 16.9. The van der Waals surface area contributed by atoms with Crippen LogP contribution in [0, 0.1) is 17.8 Å². The number of hydrogen-bond donors (Lipinski definition) is 10. The van der Waals surface area contributed by atoms with Crippen LogP contribution in [0.4, 0.5) is 0 Å². The summed E-state index contributed by atoms with van der Waals surface area (Å²) in [5, 5.41) is 31.2. The molecule has 0 aromatic heterocycles. The first kappa shape index (κ1) is 45.5. The summed E-state index contributed by atoms with van der Waals surface area (Å²) in [5.41, 5.74) is 16.7. The normalized spacial score (nSPS) is 14.8. The lowest BCUT2D eigenvalue weighted by Gasteiger charge is -2.28. The maximum atomic E-state index is 13.6. The first-order valence-corrected chi connectivity index (χ1v) is 16.9. The number of guanidine groups is 1. The molecule has 0 unspecified atom stereocenters. The van der Waals surface area contributed by atoms with Crippen LogP contribution in [0.5, 0.6) is 0 Å². The van der Waals surface area contributed by atoms with Gasteiger partial charge in [-0.1, -0.05) is 41.5 Å². The van der Waals surface area contributed by atoms with E-state index in [1.54, 1.807) is 13.8 Å². The lowest BCUT2D eigenvalue weighted by atomic mass is 9.99. The van der Waals surface area contributed by atoms with E-state index in [1.165, 1.54) is 6.92 Å². The minimum absolute atomic E-state index is 0.0587. The van der Waals surface area contributed by atoms with E-state index >= 15 is 0 Å². The van der Waals surface area contributed by atoms with E-state index in [4.69, 9.17) is 22.3 Å². The molecule has 50 heavy (non-hydrogen) atoms. The van der Waals surface area contributed by atoms with E-state index in [1.807, 2.05) is 27.7 Å². The summed E-state index contributed by atoms with van der Waals surface area (Å²) in [4.78, 5) is 92.6. The number of aliphatic carboxylic acids is 2.